The van der Waals surface area contributed by atoms with E-state index in [0.29, 0.717) is 6.54 Å². The summed E-state index contributed by atoms with van der Waals surface area (Å²) in [5, 5.41) is 0. The molecule has 3 nitrogen and oxygen atoms in total. The Morgan fingerprint density at radius 3 is 2.61 bits per heavy atom. The number of furan rings is 1. The lowest BCUT2D eigenvalue weighted by Gasteiger charge is -2.17. The van der Waals surface area contributed by atoms with E-state index in [2.05, 4.69) is 43.1 Å². The summed E-state index contributed by atoms with van der Waals surface area (Å²) < 4.78 is 5.47. The van der Waals surface area contributed by atoms with Crippen molar-refractivity contribution in [2.45, 2.75) is 26.6 Å². The molecule has 0 atom stereocenters. The summed E-state index contributed by atoms with van der Waals surface area (Å²) in [6.45, 7) is 4.37. The maximum atomic E-state index is 5.67. The molecule has 18 heavy (non-hydrogen) atoms. The Kier molecular flexibility index (Phi) is 4.18. The predicted octanol–water partition coefficient (Wildman–Crippen LogP) is 2.68. The standard InChI is InChI=1S/C15H20N2O/c1-12-5-3-4-6-14(12)10-17(2)11-15-13(9-16)7-8-18-15/h3-8H,9-11,16H2,1-2H3. The molecule has 0 bridgehead atoms. The number of aryl methyl sites for hydroxylation is 1. The fourth-order valence-electron chi connectivity index (χ4n) is 2.07. The van der Waals surface area contributed by atoms with Gasteiger partial charge in [-0.25, -0.2) is 0 Å². The topological polar surface area (TPSA) is 42.4 Å². The van der Waals surface area contributed by atoms with E-state index < -0.39 is 0 Å². The highest BCUT2D eigenvalue weighted by Gasteiger charge is 2.09. The van der Waals surface area contributed by atoms with Crippen molar-refractivity contribution in [2.24, 2.45) is 5.73 Å². The molecule has 0 unspecified atom stereocenters. The minimum absolute atomic E-state index is 0.532. The zero-order valence-corrected chi connectivity index (χ0v) is 11.0. The molecule has 1 aromatic carbocycles. The van der Waals surface area contributed by atoms with E-state index in [4.69, 9.17) is 10.2 Å². The molecule has 3 heteroatoms. The summed E-state index contributed by atoms with van der Waals surface area (Å²) in [5.41, 5.74) is 9.43. The van der Waals surface area contributed by atoms with Gasteiger partial charge in [-0.15, -0.1) is 0 Å². The summed E-state index contributed by atoms with van der Waals surface area (Å²) in [6, 6.07) is 10.4. The Morgan fingerprint density at radius 2 is 1.89 bits per heavy atom. The summed E-state index contributed by atoms with van der Waals surface area (Å²) in [5.74, 6) is 0.966. The fourth-order valence-corrected chi connectivity index (χ4v) is 2.07. The first-order valence-corrected chi connectivity index (χ1v) is 6.19. The van der Waals surface area contributed by atoms with E-state index >= 15 is 0 Å². The molecule has 2 N–H and O–H groups in total. The lowest BCUT2D eigenvalue weighted by atomic mass is 10.1. The second-order valence-corrected chi connectivity index (χ2v) is 4.67. The maximum Gasteiger partial charge on any atom is 0.122 e. The van der Waals surface area contributed by atoms with Gasteiger partial charge in [0.25, 0.3) is 0 Å². The van der Waals surface area contributed by atoms with Gasteiger partial charge >= 0.3 is 0 Å². The van der Waals surface area contributed by atoms with E-state index in [9.17, 15) is 0 Å². The van der Waals surface area contributed by atoms with Crippen molar-refractivity contribution in [2.75, 3.05) is 7.05 Å². The van der Waals surface area contributed by atoms with Crippen molar-refractivity contribution < 1.29 is 4.42 Å². The molecule has 1 aromatic heterocycles. The maximum absolute atomic E-state index is 5.67. The van der Waals surface area contributed by atoms with Gasteiger partial charge < -0.3 is 10.2 Å². The zero-order valence-electron chi connectivity index (χ0n) is 11.0. The van der Waals surface area contributed by atoms with Crippen LogP contribution in [0.15, 0.2) is 41.0 Å². The summed E-state index contributed by atoms with van der Waals surface area (Å²) >= 11 is 0. The molecular formula is C15H20N2O. The molecule has 0 aliphatic heterocycles. The molecular weight excluding hydrogens is 224 g/mol. The van der Waals surface area contributed by atoms with Crippen LogP contribution in [0.4, 0.5) is 0 Å². The van der Waals surface area contributed by atoms with Crippen LogP contribution in [0.1, 0.15) is 22.5 Å². The van der Waals surface area contributed by atoms with E-state index in [1.165, 1.54) is 11.1 Å². The van der Waals surface area contributed by atoms with E-state index in [-0.39, 0.29) is 0 Å². The van der Waals surface area contributed by atoms with Crippen LogP contribution in [0.25, 0.3) is 0 Å². The van der Waals surface area contributed by atoms with E-state index in [1.807, 2.05) is 6.07 Å². The van der Waals surface area contributed by atoms with Gasteiger partial charge in [-0.1, -0.05) is 24.3 Å². The van der Waals surface area contributed by atoms with Gasteiger partial charge in [0, 0.05) is 18.7 Å². The highest BCUT2D eigenvalue weighted by Crippen LogP contribution is 2.15. The Labute approximate surface area is 108 Å². The number of benzene rings is 1. The van der Waals surface area contributed by atoms with Gasteiger partial charge in [-0.2, -0.15) is 0 Å². The Hall–Kier alpha value is -1.58. The first kappa shape index (κ1) is 12.9. The fraction of sp³-hybridized carbons (Fsp3) is 0.333. The summed E-state index contributed by atoms with van der Waals surface area (Å²) in [6.07, 6.45) is 1.71. The van der Waals surface area contributed by atoms with Crippen LogP contribution in [-0.2, 0) is 19.6 Å². The van der Waals surface area contributed by atoms with Crippen LogP contribution in [0, 0.1) is 6.92 Å². The quantitative estimate of drug-likeness (QED) is 0.879. The average Bonchev–Trinajstić information content (AvgIpc) is 2.79. The molecule has 2 aromatic rings. The smallest absolute Gasteiger partial charge is 0.122 e. The van der Waals surface area contributed by atoms with Crippen molar-refractivity contribution in [3.05, 3.63) is 59.0 Å². The number of nitrogens with zero attached hydrogens (tertiary/aromatic N) is 1. The van der Waals surface area contributed by atoms with Crippen LogP contribution >= 0.6 is 0 Å². The molecule has 0 fully saturated rings. The van der Waals surface area contributed by atoms with Crippen LogP contribution < -0.4 is 5.73 Å². The number of nitrogens with two attached hydrogens (primary N) is 1. The molecule has 2 rings (SSSR count). The average molecular weight is 244 g/mol. The van der Waals surface area contributed by atoms with Gasteiger partial charge in [0.1, 0.15) is 5.76 Å². The number of rotatable bonds is 5. The highest BCUT2D eigenvalue weighted by atomic mass is 16.3. The van der Waals surface area contributed by atoms with Crippen LogP contribution in [0.3, 0.4) is 0 Å². The minimum Gasteiger partial charge on any atom is -0.468 e. The number of hydrogen-bond acceptors (Lipinski definition) is 3. The summed E-state index contributed by atoms with van der Waals surface area (Å²) in [7, 11) is 2.09. The molecule has 0 aliphatic carbocycles. The van der Waals surface area contributed by atoms with Crippen molar-refractivity contribution in [3.8, 4) is 0 Å². The zero-order chi connectivity index (χ0) is 13.0. The van der Waals surface area contributed by atoms with Crippen molar-refractivity contribution >= 4 is 0 Å². The largest absolute Gasteiger partial charge is 0.468 e. The molecule has 0 radical (unpaired) electrons. The molecule has 1 heterocycles. The van der Waals surface area contributed by atoms with Gasteiger partial charge in [0.2, 0.25) is 0 Å². The Bertz CT molecular complexity index is 505. The van der Waals surface area contributed by atoms with Gasteiger partial charge in [0.15, 0.2) is 0 Å². The first-order chi connectivity index (χ1) is 8.70. The molecule has 0 aliphatic rings. The van der Waals surface area contributed by atoms with Gasteiger partial charge in [-0.05, 0) is 31.2 Å². The molecule has 0 spiro atoms. The second kappa shape index (κ2) is 5.85. The van der Waals surface area contributed by atoms with Crippen molar-refractivity contribution in [1.29, 1.82) is 0 Å². The van der Waals surface area contributed by atoms with Gasteiger partial charge in [0.05, 0.1) is 12.8 Å². The van der Waals surface area contributed by atoms with Crippen LogP contribution in [0.5, 0.6) is 0 Å². The lowest BCUT2D eigenvalue weighted by Crippen LogP contribution is -2.18. The number of hydrogen-bond donors (Lipinski definition) is 1. The van der Waals surface area contributed by atoms with Crippen LogP contribution in [0.2, 0.25) is 0 Å². The molecule has 0 saturated heterocycles. The third-order valence-corrected chi connectivity index (χ3v) is 3.17. The molecule has 0 amide bonds. The lowest BCUT2D eigenvalue weighted by molar-refractivity contribution is 0.285. The third kappa shape index (κ3) is 3.00. The first-order valence-electron chi connectivity index (χ1n) is 6.19. The minimum atomic E-state index is 0.532. The monoisotopic (exact) mass is 244 g/mol. The third-order valence-electron chi connectivity index (χ3n) is 3.17. The summed E-state index contributed by atoms with van der Waals surface area (Å²) in [4.78, 5) is 2.24. The van der Waals surface area contributed by atoms with E-state index in [0.717, 1.165) is 24.4 Å². The van der Waals surface area contributed by atoms with Crippen LogP contribution in [-0.4, -0.2) is 11.9 Å². The van der Waals surface area contributed by atoms with Crippen molar-refractivity contribution in [3.63, 3.8) is 0 Å². The second-order valence-electron chi connectivity index (χ2n) is 4.67. The SMILES string of the molecule is Cc1ccccc1CN(C)Cc1occc1CN. The molecule has 96 valence electrons. The van der Waals surface area contributed by atoms with Crippen molar-refractivity contribution in [1.82, 2.24) is 4.90 Å². The van der Waals surface area contributed by atoms with Gasteiger partial charge in [-0.3, -0.25) is 4.90 Å². The van der Waals surface area contributed by atoms with E-state index in [1.54, 1.807) is 6.26 Å². The Balaban J connectivity index is 2.01. The highest BCUT2D eigenvalue weighted by molar-refractivity contribution is 5.25. The predicted molar refractivity (Wildman–Crippen MR) is 72.9 cm³/mol. The molecule has 0 saturated carbocycles. The Morgan fingerprint density at radius 1 is 1.11 bits per heavy atom. The normalized spacial score (nSPS) is 11.1.